The number of esters is 1. The van der Waals surface area contributed by atoms with Gasteiger partial charge in [-0.3, -0.25) is 0 Å². The summed E-state index contributed by atoms with van der Waals surface area (Å²) in [6.07, 6.45) is 0. The number of hydrogen-bond donors (Lipinski definition) is 1. The standard InChI is InChI=1S/C15H14O4/c16-14-9-5-4-8-13(14)15(17)19-11-18-10-12-6-2-1-3-7-12/h1-9,16H,10-11H2. The predicted octanol–water partition coefficient (Wildman–Crippen LogP) is 2.72. The highest BCUT2D eigenvalue weighted by atomic mass is 16.7. The maximum absolute atomic E-state index is 11.6. The third kappa shape index (κ3) is 3.82. The van der Waals surface area contributed by atoms with Crippen molar-refractivity contribution >= 4 is 5.97 Å². The van der Waals surface area contributed by atoms with Crippen molar-refractivity contribution in [2.75, 3.05) is 6.79 Å². The molecule has 2 aromatic carbocycles. The Hall–Kier alpha value is -2.33. The summed E-state index contributed by atoms with van der Waals surface area (Å²) in [5.41, 5.74) is 1.13. The lowest BCUT2D eigenvalue weighted by molar-refractivity contribution is -0.0382. The number of hydrogen-bond acceptors (Lipinski definition) is 4. The molecule has 0 radical (unpaired) electrons. The molecular formula is C15H14O4. The summed E-state index contributed by atoms with van der Waals surface area (Å²) in [5, 5.41) is 9.47. The van der Waals surface area contributed by atoms with Crippen LogP contribution in [-0.2, 0) is 16.1 Å². The number of para-hydroxylation sites is 1. The Morgan fingerprint density at radius 1 is 1.00 bits per heavy atom. The Morgan fingerprint density at radius 2 is 1.68 bits per heavy atom. The van der Waals surface area contributed by atoms with Crippen molar-refractivity contribution in [3.8, 4) is 5.75 Å². The smallest absolute Gasteiger partial charge is 0.344 e. The lowest BCUT2D eigenvalue weighted by Crippen LogP contribution is -2.09. The van der Waals surface area contributed by atoms with Crippen LogP contribution in [0.4, 0.5) is 0 Å². The van der Waals surface area contributed by atoms with Gasteiger partial charge in [0.1, 0.15) is 11.3 Å². The SMILES string of the molecule is O=C(OCOCc1ccccc1)c1ccccc1O. The fourth-order valence-electron chi connectivity index (χ4n) is 1.55. The normalized spacial score (nSPS) is 10.1. The molecule has 98 valence electrons. The van der Waals surface area contributed by atoms with Gasteiger partial charge in [0, 0.05) is 0 Å². The van der Waals surface area contributed by atoms with E-state index < -0.39 is 5.97 Å². The minimum absolute atomic E-state index is 0.101. The van der Waals surface area contributed by atoms with E-state index in [0.717, 1.165) is 5.56 Å². The first kappa shape index (κ1) is 13.1. The number of ether oxygens (including phenoxy) is 2. The van der Waals surface area contributed by atoms with Gasteiger partial charge < -0.3 is 14.6 Å². The first-order valence-electron chi connectivity index (χ1n) is 5.84. The second kappa shape index (κ2) is 6.56. The van der Waals surface area contributed by atoms with Crippen LogP contribution in [0.25, 0.3) is 0 Å². The number of rotatable bonds is 5. The first-order valence-corrected chi connectivity index (χ1v) is 5.84. The van der Waals surface area contributed by atoms with Crippen molar-refractivity contribution in [2.45, 2.75) is 6.61 Å². The fraction of sp³-hybridized carbons (Fsp3) is 0.133. The zero-order chi connectivity index (χ0) is 13.5. The molecule has 0 aliphatic rings. The van der Waals surface area contributed by atoms with Crippen molar-refractivity contribution in [3.05, 3.63) is 65.7 Å². The van der Waals surface area contributed by atoms with Crippen molar-refractivity contribution in [3.63, 3.8) is 0 Å². The van der Waals surface area contributed by atoms with Gasteiger partial charge in [-0.05, 0) is 17.7 Å². The maximum Gasteiger partial charge on any atom is 0.344 e. The molecule has 0 unspecified atom stereocenters. The summed E-state index contributed by atoms with van der Waals surface area (Å²) in [6.45, 7) is 0.219. The molecule has 0 spiro atoms. The number of phenolic OH excluding ortho intramolecular Hbond substituents is 1. The molecule has 4 nitrogen and oxygen atoms in total. The molecule has 0 saturated heterocycles. The van der Waals surface area contributed by atoms with Gasteiger partial charge in [-0.2, -0.15) is 0 Å². The molecular weight excluding hydrogens is 244 g/mol. The third-order valence-corrected chi connectivity index (χ3v) is 2.51. The van der Waals surface area contributed by atoms with Gasteiger partial charge in [0.05, 0.1) is 6.61 Å². The van der Waals surface area contributed by atoms with Crippen LogP contribution in [0.15, 0.2) is 54.6 Å². The molecule has 2 rings (SSSR count). The zero-order valence-electron chi connectivity index (χ0n) is 10.3. The van der Waals surface area contributed by atoms with Crippen LogP contribution in [-0.4, -0.2) is 17.9 Å². The van der Waals surface area contributed by atoms with Crippen molar-refractivity contribution in [1.29, 1.82) is 0 Å². The van der Waals surface area contributed by atoms with Crippen LogP contribution in [0.2, 0.25) is 0 Å². The van der Waals surface area contributed by atoms with Gasteiger partial charge in [0.15, 0.2) is 6.79 Å². The fourth-order valence-corrected chi connectivity index (χ4v) is 1.55. The maximum atomic E-state index is 11.6. The summed E-state index contributed by atoms with van der Waals surface area (Å²) < 4.78 is 10.1. The van der Waals surface area contributed by atoms with Gasteiger partial charge >= 0.3 is 5.97 Å². The van der Waals surface area contributed by atoms with E-state index in [1.54, 1.807) is 12.1 Å². The Labute approximate surface area is 111 Å². The Balaban J connectivity index is 1.77. The molecule has 0 amide bonds. The van der Waals surface area contributed by atoms with E-state index in [2.05, 4.69) is 0 Å². The summed E-state index contributed by atoms with van der Waals surface area (Å²) in [7, 11) is 0. The highest BCUT2D eigenvalue weighted by molar-refractivity contribution is 5.92. The summed E-state index contributed by atoms with van der Waals surface area (Å²) in [6, 6.07) is 15.8. The molecule has 0 aliphatic heterocycles. The van der Waals surface area contributed by atoms with E-state index >= 15 is 0 Å². The van der Waals surface area contributed by atoms with Crippen molar-refractivity contribution in [2.24, 2.45) is 0 Å². The molecule has 0 heterocycles. The summed E-state index contributed by atoms with van der Waals surface area (Å²) >= 11 is 0. The third-order valence-electron chi connectivity index (χ3n) is 2.51. The van der Waals surface area contributed by atoms with Crippen molar-refractivity contribution in [1.82, 2.24) is 0 Å². The van der Waals surface area contributed by atoms with E-state index in [1.165, 1.54) is 12.1 Å². The number of phenols is 1. The topological polar surface area (TPSA) is 55.8 Å². The van der Waals surface area contributed by atoms with E-state index in [4.69, 9.17) is 9.47 Å². The second-order valence-electron chi connectivity index (χ2n) is 3.90. The minimum Gasteiger partial charge on any atom is -0.507 e. The molecule has 0 bridgehead atoms. The summed E-state index contributed by atoms with van der Waals surface area (Å²) in [4.78, 5) is 11.6. The van der Waals surface area contributed by atoms with Crippen LogP contribution < -0.4 is 0 Å². The molecule has 0 saturated carbocycles. The molecule has 0 fully saturated rings. The van der Waals surface area contributed by atoms with Crippen LogP contribution in [0.5, 0.6) is 5.75 Å². The number of carbonyl (C=O) groups excluding carboxylic acids is 1. The van der Waals surface area contributed by atoms with E-state index in [-0.39, 0.29) is 18.1 Å². The molecule has 0 aromatic heterocycles. The van der Waals surface area contributed by atoms with Crippen LogP contribution in [0.1, 0.15) is 15.9 Å². The van der Waals surface area contributed by atoms with Gasteiger partial charge in [-0.25, -0.2) is 4.79 Å². The monoisotopic (exact) mass is 258 g/mol. The minimum atomic E-state index is -0.605. The predicted molar refractivity (Wildman–Crippen MR) is 69.6 cm³/mol. The van der Waals surface area contributed by atoms with E-state index in [9.17, 15) is 9.90 Å². The van der Waals surface area contributed by atoms with Crippen molar-refractivity contribution < 1.29 is 19.4 Å². The van der Waals surface area contributed by atoms with Gasteiger partial charge in [-0.15, -0.1) is 0 Å². The van der Waals surface area contributed by atoms with Gasteiger partial charge in [0.25, 0.3) is 0 Å². The Kier molecular flexibility index (Phi) is 4.53. The van der Waals surface area contributed by atoms with Crippen LogP contribution in [0.3, 0.4) is 0 Å². The quantitative estimate of drug-likeness (QED) is 0.509. The van der Waals surface area contributed by atoms with Crippen LogP contribution >= 0.6 is 0 Å². The second-order valence-corrected chi connectivity index (χ2v) is 3.90. The lowest BCUT2D eigenvalue weighted by atomic mass is 10.2. The number of benzene rings is 2. The van der Waals surface area contributed by atoms with Gasteiger partial charge in [0.2, 0.25) is 0 Å². The molecule has 0 aliphatic carbocycles. The van der Waals surface area contributed by atoms with E-state index in [1.807, 2.05) is 30.3 Å². The number of carbonyl (C=O) groups is 1. The summed E-state index contributed by atoms with van der Waals surface area (Å²) in [5.74, 6) is -0.707. The first-order chi connectivity index (χ1) is 9.27. The Morgan fingerprint density at radius 3 is 2.42 bits per heavy atom. The largest absolute Gasteiger partial charge is 0.507 e. The molecule has 19 heavy (non-hydrogen) atoms. The highest BCUT2D eigenvalue weighted by Gasteiger charge is 2.11. The number of aromatic hydroxyl groups is 1. The van der Waals surface area contributed by atoms with Crippen LogP contribution in [0, 0.1) is 0 Å². The van der Waals surface area contributed by atoms with E-state index in [0.29, 0.717) is 6.61 Å². The molecule has 1 N–H and O–H groups in total. The highest BCUT2D eigenvalue weighted by Crippen LogP contribution is 2.16. The zero-order valence-corrected chi connectivity index (χ0v) is 10.3. The lowest BCUT2D eigenvalue weighted by Gasteiger charge is -2.07. The average molecular weight is 258 g/mol. The van der Waals surface area contributed by atoms with Gasteiger partial charge in [-0.1, -0.05) is 42.5 Å². The molecule has 4 heteroatoms. The Bertz CT molecular complexity index is 537. The molecule has 0 atom stereocenters. The average Bonchev–Trinajstić information content (AvgIpc) is 2.45. The molecule has 2 aromatic rings.